The fourth-order valence-corrected chi connectivity index (χ4v) is 3.12. The minimum absolute atomic E-state index is 0.367. The predicted molar refractivity (Wildman–Crippen MR) is 91.5 cm³/mol. The van der Waals surface area contributed by atoms with E-state index in [1.807, 2.05) is 11.0 Å². The number of piperazine rings is 1. The highest BCUT2D eigenvalue weighted by atomic mass is 19.1. The summed E-state index contributed by atoms with van der Waals surface area (Å²) in [5, 5.41) is 0. The second-order valence-corrected chi connectivity index (χ2v) is 5.98. The van der Waals surface area contributed by atoms with E-state index < -0.39 is 0 Å². The number of hydrogen-bond donors (Lipinski definition) is 0. The van der Waals surface area contributed by atoms with Gasteiger partial charge in [-0.15, -0.1) is 0 Å². The van der Waals surface area contributed by atoms with Crippen LogP contribution in [0.5, 0.6) is 0 Å². The lowest BCUT2D eigenvalue weighted by atomic mass is 10.3. The summed E-state index contributed by atoms with van der Waals surface area (Å²) in [6.45, 7) is 5.91. The zero-order chi connectivity index (χ0) is 17.1. The van der Waals surface area contributed by atoms with E-state index in [0.717, 1.165) is 37.9 Å². The molecule has 0 N–H and O–H groups in total. The number of hydrogen-bond acceptors (Lipinski definition) is 8. The first-order valence-electron chi connectivity index (χ1n) is 8.42. The first kappa shape index (κ1) is 15.9. The lowest BCUT2D eigenvalue weighted by molar-refractivity contribution is 0.122. The number of anilines is 3. The molecule has 0 saturated carbocycles. The van der Waals surface area contributed by atoms with Gasteiger partial charge in [0.15, 0.2) is 11.6 Å². The van der Waals surface area contributed by atoms with E-state index in [4.69, 9.17) is 9.72 Å². The maximum Gasteiger partial charge on any atom is 0.227 e. The Hall–Kier alpha value is -2.55. The molecule has 25 heavy (non-hydrogen) atoms. The smallest absolute Gasteiger partial charge is 0.227 e. The van der Waals surface area contributed by atoms with Crippen LogP contribution in [0, 0.1) is 5.82 Å². The van der Waals surface area contributed by atoms with Crippen LogP contribution < -0.4 is 14.7 Å². The van der Waals surface area contributed by atoms with Crippen LogP contribution in [0.2, 0.25) is 0 Å². The number of halogens is 1. The topological polar surface area (TPSA) is 70.5 Å². The number of ether oxygens (including phenoxy) is 1. The maximum absolute atomic E-state index is 13.8. The fraction of sp³-hybridized carbons (Fsp3) is 0.500. The molecule has 2 aliphatic rings. The van der Waals surface area contributed by atoms with E-state index in [2.05, 4.69) is 24.8 Å². The standard InChI is InChI=1S/C16H20FN7O/c17-13-11-18-12-20-15(13)23-5-3-22(4-6-23)14-1-2-19-16(21-14)24-7-9-25-10-8-24/h1-2,11-12H,3-10H2. The van der Waals surface area contributed by atoms with Gasteiger partial charge in [0.1, 0.15) is 12.1 Å². The lowest BCUT2D eigenvalue weighted by Gasteiger charge is -2.36. The molecule has 0 aromatic carbocycles. The van der Waals surface area contributed by atoms with Crippen molar-refractivity contribution in [3.8, 4) is 0 Å². The molecule has 132 valence electrons. The van der Waals surface area contributed by atoms with E-state index in [9.17, 15) is 4.39 Å². The molecule has 2 aliphatic heterocycles. The van der Waals surface area contributed by atoms with Crippen LogP contribution in [0.3, 0.4) is 0 Å². The Labute approximate surface area is 145 Å². The molecule has 0 unspecified atom stereocenters. The van der Waals surface area contributed by atoms with Crippen LogP contribution in [0.25, 0.3) is 0 Å². The van der Waals surface area contributed by atoms with Crippen molar-refractivity contribution in [3.05, 3.63) is 30.6 Å². The Morgan fingerprint density at radius 2 is 1.68 bits per heavy atom. The average molecular weight is 345 g/mol. The minimum atomic E-state index is -0.382. The van der Waals surface area contributed by atoms with Gasteiger partial charge in [0.2, 0.25) is 5.95 Å². The fourth-order valence-electron chi connectivity index (χ4n) is 3.12. The molecule has 0 radical (unpaired) electrons. The molecule has 0 atom stereocenters. The Morgan fingerprint density at radius 3 is 2.44 bits per heavy atom. The van der Waals surface area contributed by atoms with Crippen molar-refractivity contribution >= 4 is 17.6 Å². The van der Waals surface area contributed by atoms with Crippen LogP contribution in [-0.4, -0.2) is 72.4 Å². The van der Waals surface area contributed by atoms with Crippen molar-refractivity contribution < 1.29 is 9.13 Å². The SMILES string of the molecule is Fc1cncnc1N1CCN(c2ccnc(N3CCOCC3)n2)CC1. The summed E-state index contributed by atoms with van der Waals surface area (Å²) < 4.78 is 19.2. The molecule has 8 nitrogen and oxygen atoms in total. The van der Waals surface area contributed by atoms with Crippen molar-refractivity contribution in [2.24, 2.45) is 0 Å². The van der Waals surface area contributed by atoms with Gasteiger partial charge in [0, 0.05) is 45.5 Å². The largest absolute Gasteiger partial charge is 0.378 e. The zero-order valence-corrected chi connectivity index (χ0v) is 13.9. The first-order chi connectivity index (χ1) is 12.3. The molecule has 2 aromatic heterocycles. The van der Waals surface area contributed by atoms with E-state index in [1.165, 1.54) is 12.5 Å². The normalized spacial score (nSPS) is 18.5. The zero-order valence-electron chi connectivity index (χ0n) is 13.9. The third-order valence-electron chi connectivity index (χ3n) is 4.47. The van der Waals surface area contributed by atoms with E-state index >= 15 is 0 Å². The highest BCUT2D eigenvalue weighted by Crippen LogP contribution is 2.20. The van der Waals surface area contributed by atoms with Gasteiger partial charge < -0.3 is 19.4 Å². The summed E-state index contributed by atoms with van der Waals surface area (Å²) in [5.41, 5.74) is 0. The molecule has 2 saturated heterocycles. The predicted octanol–water partition coefficient (Wildman–Crippen LogP) is 0.569. The molecule has 0 aliphatic carbocycles. The van der Waals surface area contributed by atoms with E-state index in [-0.39, 0.29) is 5.82 Å². The summed E-state index contributed by atoms with van der Waals surface area (Å²) in [7, 11) is 0. The van der Waals surface area contributed by atoms with Gasteiger partial charge in [-0.25, -0.2) is 19.3 Å². The highest BCUT2D eigenvalue weighted by molar-refractivity contribution is 5.47. The van der Waals surface area contributed by atoms with Gasteiger partial charge in [-0.3, -0.25) is 0 Å². The number of rotatable bonds is 3. The Kier molecular flexibility index (Phi) is 4.55. The summed E-state index contributed by atoms with van der Waals surface area (Å²) >= 11 is 0. The molecule has 4 rings (SSSR count). The summed E-state index contributed by atoms with van der Waals surface area (Å²) in [6.07, 6.45) is 4.38. The molecule has 0 spiro atoms. The molecule has 2 aromatic rings. The van der Waals surface area contributed by atoms with Gasteiger partial charge in [-0.2, -0.15) is 4.98 Å². The molecule has 0 bridgehead atoms. The van der Waals surface area contributed by atoms with Gasteiger partial charge in [0.05, 0.1) is 19.4 Å². The van der Waals surface area contributed by atoms with Gasteiger partial charge in [0.25, 0.3) is 0 Å². The van der Waals surface area contributed by atoms with Crippen LogP contribution >= 0.6 is 0 Å². The summed E-state index contributed by atoms with van der Waals surface area (Å²) in [5.74, 6) is 1.63. The number of nitrogens with zero attached hydrogens (tertiary/aromatic N) is 7. The lowest BCUT2D eigenvalue weighted by Crippen LogP contribution is -2.47. The van der Waals surface area contributed by atoms with Crippen molar-refractivity contribution in [1.29, 1.82) is 0 Å². The van der Waals surface area contributed by atoms with E-state index in [1.54, 1.807) is 6.20 Å². The molecule has 2 fully saturated rings. The first-order valence-corrected chi connectivity index (χ1v) is 8.42. The van der Waals surface area contributed by atoms with E-state index in [0.29, 0.717) is 32.1 Å². The molecule has 4 heterocycles. The molecule has 0 amide bonds. The Balaban J connectivity index is 1.43. The number of aromatic nitrogens is 4. The third-order valence-corrected chi connectivity index (χ3v) is 4.47. The second-order valence-electron chi connectivity index (χ2n) is 5.98. The maximum atomic E-state index is 13.8. The quantitative estimate of drug-likeness (QED) is 0.800. The van der Waals surface area contributed by atoms with Crippen molar-refractivity contribution in [1.82, 2.24) is 19.9 Å². The molecule has 9 heteroatoms. The number of morpholine rings is 1. The van der Waals surface area contributed by atoms with Crippen molar-refractivity contribution in [2.75, 3.05) is 67.2 Å². The Bertz CT molecular complexity index is 717. The minimum Gasteiger partial charge on any atom is -0.378 e. The highest BCUT2D eigenvalue weighted by Gasteiger charge is 2.22. The van der Waals surface area contributed by atoms with Crippen LogP contribution in [-0.2, 0) is 4.74 Å². The Morgan fingerprint density at radius 1 is 0.920 bits per heavy atom. The summed E-state index contributed by atoms with van der Waals surface area (Å²) in [4.78, 5) is 23.1. The van der Waals surface area contributed by atoms with Crippen LogP contribution in [0.1, 0.15) is 0 Å². The van der Waals surface area contributed by atoms with Gasteiger partial charge in [-0.1, -0.05) is 0 Å². The van der Waals surface area contributed by atoms with Crippen molar-refractivity contribution in [2.45, 2.75) is 0 Å². The van der Waals surface area contributed by atoms with Gasteiger partial charge in [-0.05, 0) is 6.07 Å². The van der Waals surface area contributed by atoms with Crippen molar-refractivity contribution in [3.63, 3.8) is 0 Å². The average Bonchev–Trinajstić information content (AvgIpc) is 2.69. The molecular formula is C16H20FN7O. The summed E-state index contributed by atoms with van der Waals surface area (Å²) in [6, 6.07) is 1.92. The van der Waals surface area contributed by atoms with Crippen LogP contribution in [0.15, 0.2) is 24.8 Å². The van der Waals surface area contributed by atoms with Crippen LogP contribution in [0.4, 0.5) is 22.0 Å². The monoisotopic (exact) mass is 345 g/mol. The third kappa shape index (κ3) is 3.46. The molecular weight excluding hydrogens is 325 g/mol. The second kappa shape index (κ2) is 7.14. The van der Waals surface area contributed by atoms with Gasteiger partial charge >= 0.3 is 0 Å².